The van der Waals surface area contributed by atoms with E-state index in [-0.39, 0.29) is 6.04 Å². The predicted molar refractivity (Wildman–Crippen MR) is 92.2 cm³/mol. The summed E-state index contributed by atoms with van der Waals surface area (Å²) in [7, 11) is -3.13. The number of nitrogens with zero attached hydrogens (tertiary/aromatic N) is 3. The molecule has 1 N–H and O–H groups in total. The van der Waals surface area contributed by atoms with Crippen molar-refractivity contribution in [1.29, 1.82) is 0 Å². The highest BCUT2D eigenvalue weighted by atomic mass is 32.2. The number of hydrogen-bond donors (Lipinski definition) is 1. The lowest BCUT2D eigenvalue weighted by atomic mass is 10.2. The summed E-state index contributed by atoms with van der Waals surface area (Å²) in [6.45, 7) is 1.19. The van der Waals surface area contributed by atoms with Crippen molar-refractivity contribution >= 4 is 26.5 Å². The molecule has 0 radical (unpaired) electrons. The van der Waals surface area contributed by atoms with Gasteiger partial charge in [-0.2, -0.15) is 4.31 Å². The van der Waals surface area contributed by atoms with Crippen molar-refractivity contribution in [2.75, 3.05) is 24.7 Å². The Hall–Kier alpha value is -1.51. The quantitative estimate of drug-likeness (QED) is 0.860. The largest absolute Gasteiger partial charge is 0.358 e. The van der Waals surface area contributed by atoms with E-state index in [4.69, 9.17) is 0 Å². The van der Waals surface area contributed by atoms with Gasteiger partial charge in [0.15, 0.2) is 0 Å². The van der Waals surface area contributed by atoms with E-state index in [0.717, 1.165) is 29.4 Å². The Morgan fingerprint density at radius 1 is 1.30 bits per heavy atom. The zero-order valence-corrected chi connectivity index (χ0v) is 14.6. The molecule has 3 rings (SSSR count). The highest BCUT2D eigenvalue weighted by Gasteiger charge is 2.31. The Morgan fingerprint density at radius 3 is 2.83 bits per heavy atom. The van der Waals surface area contributed by atoms with Gasteiger partial charge in [-0.25, -0.2) is 8.42 Å². The van der Waals surface area contributed by atoms with Crippen LogP contribution in [-0.4, -0.2) is 48.3 Å². The molecule has 1 aromatic heterocycles. The Morgan fingerprint density at radius 2 is 2.09 bits per heavy atom. The average molecular weight is 352 g/mol. The van der Waals surface area contributed by atoms with E-state index in [0.29, 0.717) is 13.1 Å². The minimum Gasteiger partial charge on any atom is -0.358 e. The van der Waals surface area contributed by atoms with Crippen molar-refractivity contribution in [3.05, 3.63) is 40.9 Å². The molecule has 1 aliphatic rings. The fraction of sp³-hybridized carbons (Fsp3) is 0.467. The molecule has 124 valence electrons. The van der Waals surface area contributed by atoms with Gasteiger partial charge >= 0.3 is 0 Å². The van der Waals surface area contributed by atoms with E-state index >= 15 is 0 Å². The van der Waals surface area contributed by atoms with Crippen LogP contribution in [0.25, 0.3) is 0 Å². The molecule has 1 atom stereocenters. The van der Waals surface area contributed by atoms with E-state index in [9.17, 15) is 8.42 Å². The van der Waals surface area contributed by atoms with Crippen molar-refractivity contribution in [3.63, 3.8) is 0 Å². The second kappa shape index (κ2) is 6.94. The monoisotopic (exact) mass is 352 g/mol. The molecule has 0 spiro atoms. The Balaban J connectivity index is 1.57. The molecule has 1 fully saturated rings. The molecule has 1 aromatic carbocycles. The van der Waals surface area contributed by atoms with Gasteiger partial charge in [0, 0.05) is 25.6 Å². The maximum absolute atomic E-state index is 11.7. The molecule has 6 nitrogen and oxygen atoms in total. The Bertz CT molecular complexity index is 746. The molecule has 2 heterocycles. The third kappa shape index (κ3) is 4.27. The molecule has 2 aromatic rings. The zero-order chi connectivity index (χ0) is 16.3. The Kier molecular flexibility index (Phi) is 4.93. The summed E-state index contributed by atoms with van der Waals surface area (Å²) >= 11 is 1.52. The third-order valence-electron chi connectivity index (χ3n) is 3.90. The molecule has 0 bridgehead atoms. The first-order chi connectivity index (χ1) is 11.0. The lowest BCUT2D eigenvalue weighted by molar-refractivity contribution is 0.402. The average Bonchev–Trinajstić information content (AvgIpc) is 3.14. The molecule has 0 amide bonds. The van der Waals surface area contributed by atoms with Crippen LogP contribution in [0.4, 0.5) is 5.13 Å². The van der Waals surface area contributed by atoms with Crippen molar-refractivity contribution in [2.45, 2.75) is 25.3 Å². The summed E-state index contributed by atoms with van der Waals surface area (Å²) in [5, 5.41) is 13.3. The predicted octanol–water partition coefficient (Wildman–Crippen LogP) is 1.96. The zero-order valence-electron chi connectivity index (χ0n) is 13.0. The standard InChI is InChI=1S/C15H20N4O2S2/c1-23(20,21)19-9-5-8-13(19)11-16-15-18-17-14(22-15)10-12-6-3-2-4-7-12/h2-4,6-7,13H,5,8-11H2,1H3,(H,16,18)/t13-/m1/s1. The van der Waals surface area contributed by atoms with Gasteiger partial charge in [0.2, 0.25) is 15.2 Å². The number of anilines is 1. The van der Waals surface area contributed by atoms with Crippen LogP contribution in [-0.2, 0) is 16.4 Å². The van der Waals surface area contributed by atoms with Crippen LogP contribution in [0, 0.1) is 0 Å². The topological polar surface area (TPSA) is 75.2 Å². The minimum absolute atomic E-state index is 0.00599. The molecular weight excluding hydrogens is 332 g/mol. The molecule has 8 heteroatoms. The molecule has 0 unspecified atom stereocenters. The number of nitrogens with one attached hydrogen (secondary N) is 1. The Labute approximate surface area is 140 Å². The maximum Gasteiger partial charge on any atom is 0.211 e. The van der Waals surface area contributed by atoms with Gasteiger partial charge in [-0.05, 0) is 18.4 Å². The summed E-state index contributed by atoms with van der Waals surface area (Å²) in [4.78, 5) is 0. The minimum atomic E-state index is -3.13. The van der Waals surface area contributed by atoms with Gasteiger partial charge in [-0.3, -0.25) is 0 Å². The smallest absolute Gasteiger partial charge is 0.211 e. The maximum atomic E-state index is 11.7. The van der Waals surface area contributed by atoms with Gasteiger partial charge in [0.05, 0.1) is 6.26 Å². The fourth-order valence-corrected chi connectivity index (χ4v) is 4.78. The molecule has 23 heavy (non-hydrogen) atoms. The van der Waals surface area contributed by atoms with Crippen LogP contribution in [0.5, 0.6) is 0 Å². The van der Waals surface area contributed by atoms with Crippen LogP contribution < -0.4 is 5.32 Å². The molecule has 1 aliphatic heterocycles. The van der Waals surface area contributed by atoms with Gasteiger partial charge in [0.1, 0.15) is 5.01 Å². The number of benzene rings is 1. The summed E-state index contributed by atoms with van der Waals surface area (Å²) in [5.74, 6) is 0. The van der Waals surface area contributed by atoms with E-state index in [1.807, 2.05) is 18.2 Å². The van der Waals surface area contributed by atoms with Gasteiger partial charge in [-0.1, -0.05) is 41.7 Å². The summed E-state index contributed by atoms with van der Waals surface area (Å²) < 4.78 is 25.0. The molecule has 0 saturated carbocycles. The molecule has 1 saturated heterocycles. The highest BCUT2D eigenvalue weighted by molar-refractivity contribution is 7.88. The SMILES string of the molecule is CS(=O)(=O)N1CCC[C@@H]1CNc1nnc(Cc2ccccc2)s1. The lowest BCUT2D eigenvalue weighted by Crippen LogP contribution is -2.38. The second-order valence-corrected chi connectivity index (χ2v) is 8.71. The van der Waals surface area contributed by atoms with Crippen molar-refractivity contribution in [3.8, 4) is 0 Å². The van der Waals surface area contributed by atoms with Gasteiger partial charge in [0.25, 0.3) is 0 Å². The van der Waals surface area contributed by atoms with E-state index in [2.05, 4.69) is 27.6 Å². The van der Waals surface area contributed by atoms with E-state index in [1.54, 1.807) is 4.31 Å². The van der Waals surface area contributed by atoms with Crippen LogP contribution in [0.1, 0.15) is 23.4 Å². The number of aromatic nitrogens is 2. The number of hydrogen-bond acceptors (Lipinski definition) is 6. The fourth-order valence-electron chi connectivity index (χ4n) is 2.82. The second-order valence-electron chi connectivity index (χ2n) is 5.71. The highest BCUT2D eigenvalue weighted by Crippen LogP contribution is 2.23. The summed E-state index contributed by atoms with van der Waals surface area (Å²) in [5.41, 5.74) is 1.20. The first-order valence-electron chi connectivity index (χ1n) is 7.59. The summed E-state index contributed by atoms with van der Waals surface area (Å²) in [6, 6.07) is 10.1. The molecule has 0 aliphatic carbocycles. The number of rotatable bonds is 6. The lowest BCUT2D eigenvalue weighted by Gasteiger charge is -2.21. The summed E-state index contributed by atoms with van der Waals surface area (Å²) in [6.07, 6.45) is 3.83. The van der Waals surface area contributed by atoms with Crippen molar-refractivity contribution in [1.82, 2.24) is 14.5 Å². The van der Waals surface area contributed by atoms with E-state index < -0.39 is 10.0 Å². The van der Waals surface area contributed by atoms with Crippen LogP contribution in [0.2, 0.25) is 0 Å². The van der Waals surface area contributed by atoms with Crippen molar-refractivity contribution < 1.29 is 8.42 Å². The molecular formula is C15H20N4O2S2. The van der Waals surface area contributed by atoms with Crippen LogP contribution in [0.15, 0.2) is 30.3 Å². The first-order valence-corrected chi connectivity index (χ1v) is 10.3. The van der Waals surface area contributed by atoms with Crippen molar-refractivity contribution in [2.24, 2.45) is 0 Å². The van der Waals surface area contributed by atoms with Gasteiger partial charge in [-0.15, -0.1) is 10.2 Å². The normalized spacial score (nSPS) is 19.1. The number of sulfonamides is 1. The van der Waals surface area contributed by atoms with Crippen LogP contribution in [0.3, 0.4) is 0 Å². The first kappa shape index (κ1) is 16.4. The van der Waals surface area contributed by atoms with E-state index in [1.165, 1.54) is 23.2 Å². The van der Waals surface area contributed by atoms with Gasteiger partial charge < -0.3 is 5.32 Å². The third-order valence-corrected chi connectivity index (χ3v) is 6.12. The van der Waals surface area contributed by atoms with Crippen LogP contribution >= 0.6 is 11.3 Å².